The molecule has 0 bridgehead atoms. The average Bonchev–Trinajstić information content (AvgIpc) is 1.75. The van der Waals surface area contributed by atoms with Crippen LogP contribution in [-0.4, -0.2) is 0 Å². The minimum atomic E-state index is 1.27. The van der Waals surface area contributed by atoms with Crippen LogP contribution in [0.1, 0.15) is 0 Å². The molecular weight excluding hydrogens is 142 g/mol. The van der Waals surface area contributed by atoms with Gasteiger partial charge in [-0.3, -0.25) is 0 Å². The maximum atomic E-state index is 2.97. The van der Waals surface area contributed by atoms with Crippen molar-refractivity contribution < 1.29 is 18.7 Å². The van der Waals surface area contributed by atoms with Crippen molar-refractivity contribution in [1.29, 1.82) is 0 Å². The van der Waals surface area contributed by atoms with E-state index >= 15 is 0 Å². The van der Waals surface area contributed by atoms with Crippen LogP contribution >= 0.6 is 0 Å². The summed E-state index contributed by atoms with van der Waals surface area (Å²) < 4.78 is 1.27. The molecule has 1 aromatic carbocycles. The summed E-state index contributed by atoms with van der Waals surface area (Å²) in [6.07, 6.45) is 0. The fourth-order valence-electron chi connectivity index (χ4n) is 0.0264. The zero-order valence-corrected chi connectivity index (χ0v) is 3.53. The Morgan fingerprint density at radius 3 is 1.75 bits per heavy atom. The summed E-state index contributed by atoms with van der Waals surface area (Å²) >= 11 is 2.97. The molecular formula is C3H2Pd. The van der Waals surface area contributed by atoms with Gasteiger partial charge < -0.3 is 0 Å². The van der Waals surface area contributed by atoms with Gasteiger partial charge in [-0.25, -0.2) is 0 Å². The molecule has 0 saturated heterocycles. The number of hydrogen-bond acceptors (Lipinski definition) is 0. The second-order valence-corrected chi connectivity index (χ2v) is 1.58. The van der Waals surface area contributed by atoms with Gasteiger partial charge in [-0.2, -0.15) is 0 Å². The van der Waals surface area contributed by atoms with E-state index in [-0.39, 0.29) is 0 Å². The fourth-order valence-corrected chi connectivity index (χ4v) is 0.156. The molecule has 0 fully saturated rings. The van der Waals surface area contributed by atoms with Crippen molar-refractivity contribution in [3.05, 3.63) is 15.8 Å². The Morgan fingerprint density at radius 2 is 1.75 bits per heavy atom. The van der Waals surface area contributed by atoms with Gasteiger partial charge in [-0.1, -0.05) is 0 Å². The quantitative estimate of drug-likeness (QED) is 0.469. The van der Waals surface area contributed by atoms with E-state index in [0.717, 1.165) is 0 Å². The van der Waals surface area contributed by atoms with Crippen molar-refractivity contribution >= 4 is 0 Å². The van der Waals surface area contributed by atoms with E-state index in [2.05, 4.69) is 18.7 Å². The van der Waals surface area contributed by atoms with Gasteiger partial charge in [-0.05, 0) is 0 Å². The molecule has 0 radical (unpaired) electrons. The second kappa shape index (κ2) is 0.608. The topological polar surface area (TPSA) is 0 Å². The molecule has 1 rings (SSSR count). The van der Waals surface area contributed by atoms with Crippen LogP contribution in [0.25, 0.3) is 0 Å². The summed E-state index contributed by atoms with van der Waals surface area (Å²) in [5.41, 5.74) is 0. The van der Waals surface area contributed by atoms with Gasteiger partial charge in [-0.15, -0.1) is 0 Å². The van der Waals surface area contributed by atoms with Gasteiger partial charge in [0.1, 0.15) is 0 Å². The standard InChI is InChI=1S/C3H2.Pd/c1-2-3-1;/h1-2H;. The molecule has 0 aliphatic heterocycles. The zero-order valence-electron chi connectivity index (χ0n) is 1.97. The molecule has 4 heavy (non-hydrogen) atoms. The monoisotopic (exact) mass is 144 g/mol. The Bertz CT molecular complexity index is 92.1. The molecule has 0 spiro atoms. The summed E-state index contributed by atoms with van der Waals surface area (Å²) in [5, 5.41) is 0. The van der Waals surface area contributed by atoms with Crippen LogP contribution in [0.4, 0.5) is 0 Å². The zero-order chi connectivity index (χ0) is 2.99. The van der Waals surface area contributed by atoms with Gasteiger partial charge in [0.2, 0.25) is 0 Å². The van der Waals surface area contributed by atoms with Crippen LogP contribution in [0, 0.1) is 3.63 Å². The average molecular weight is 144 g/mol. The molecule has 0 atom stereocenters. The van der Waals surface area contributed by atoms with E-state index < -0.39 is 0 Å². The normalized spacial score (nSPS) is 9.50. The molecule has 24 valence electrons. The van der Waals surface area contributed by atoms with Crippen LogP contribution in [0.3, 0.4) is 0 Å². The van der Waals surface area contributed by atoms with Crippen molar-refractivity contribution in [1.82, 2.24) is 0 Å². The van der Waals surface area contributed by atoms with Crippen LogP contribution in [-0.2, 0) is 18.7 Å². The maximum absolute atomic E-state index is 2.97. The van der Waals surface area contributed by atoms with E-state index in [1.807, 2.05) is 12.1 Å². The fraction of sp³-hybridized carbons (Fsp3) is 0. The van der Waals surface area contributed by atoms with Gasteiger partial charge in [0.05, 0.1) is 0 Å². The van der Waals surface area contributed by atoms with Gasteiger partial charge in [0.15, 0.2) is 0 Å². The Labute approximate surface area is 35.1 Å². The van der Waals surface area contributed by atoms with E-state index in [1.54, 1.807) is 0 Å². The van der Waals surface area contributed by atoms with Gasteiger partial charge >= 0.3 is 34.5 Å². The summed E-state index contributed by atoms with van der Waals surface area (Å²) in [6, 6.07) is 4.03. The molecule has 0 aromatic heterocycles. The van der Waals surface area contributed by atoms with Crippen molar-refractivity contribution in [2.75, 3.05) is 0 Å². The van der Waals surface area contributed by atoms with Crippen molar-refractivity contribution in [2.24, 2.45) is 0 Å². The predicted octanol–water partition coefficient (Wildman–Crippen LogP) is 0.641. The van der Waals surface area contributed by atoms with E-state index in [0.29, 0.717) is 0 Å². The second-order valence-electron chi connectivity index (χ2n) is 0.683. The molecule has 0 amide bonds. The third-order valence-electron chi connectivity index (χ3n) is 0.272. The van der Waals surface area contributed by atoms with E-state index in [9.17, 15) is 0 Å². The van der Waals surface area contributed by atoms with E-state index in [4.69, 9.17) is 0 Å². The summed E-state index contributed by atoms with van der Waals surface area (Å²) in [6.45, 7) is 0. The van der Waals surface area contributed by atoms with Crippen LogP contribution in [0.2, 0.25) is 0 Å². The molecule has 1 aromatic rings. The number of rotatable bonds is 0. The Balaban J connectivity index is 3.55. The first-order valence-corrected chi connectivity index (χ1v) is 1.85. The SMILES string of the molecule is [Pd]=[c]1cc1. The van der Waals surface area contributed by atoms with Gasteiger partial charge in [0, 0.05) is 0 Å². The summed E-state index contributed by atoms with van der Waals surface area (Å²) in [7, 11) is 0. The van der Waals surface area contributed by atoms with Crippen molar-refractivity contribution in [3.8, 4) is 0 Å². The van der Waals surface area contributed by atoms with Crippen molar-refractivity contribution in [2.45, 2.75) is 0 Å². The van der Waals surface area contributed by atoms with Crippen LogP contribution < -0.4 is 0 Å². The molecule has 0 saturated carbocycles. The molecule has 0 aliphatic rings. The Hall–Kier alpha value is 0.272. The molecule has 0 unspecified atom stereocenters. The third kappa shape index (κ3) is 0.344. The minimum absolute atomic E-state index is 1.27. The first kappa shape index (κ1) is 2.51. The van der Waals surface area contributed by atoms with Gasteiger partial charge in [0.25, 0.3) is 0 Å². The first-order chi connectivity index (χ1) is 1.89. The molecule has 1 heteroatoms. The molecule has 0 aliphatic carbocycles. The third-order valence-corrected chi connectivity index (χ3v) is 0.790. The summed E-state index contributed by atoms with van der Waals surface area (Å²) in [5.74, 6) is 0. The number of hydrogen-bond donors (Lipinski definition) is 0. The summed E-state index contributed by atoms with van der Waals surface area (Å²) in [4.78, 5) is 0. The van der Waals surface area contributed by atoms with Crippen molar-refractivity contribution in [3.63, 3.8) is 0 Å². The van der Waals surface area contributed by atoms with Crippen LogP contribution in [0.15, 0.2) is 12.1 Å². The molecule has 0 nitrogen and oxygen atoms in total. The predicted molar refractivity (Wildman–Crippen MR) is 12.1 cm³/mol. The Morgan fingerprint density at radius 1 is 1.50 bits per heavy atom. The molecule has 0 heterocycles. The first-order valence-electron chi connectivity index (χ1n) is 1.07. The van der Waals surface area contributed by atoms with Crippen LogP contribution in [0.5, 0.6) is 0 Å². The Kier molecular flexibility index (Phi) is 0.381. The van der Waals surface area contributed by atoms with E-state index in [1.165, 1.54) is 3.63 Å². The molecule has 0 N–H and O–H groups in total.